The molecule has 0 spiro atoms. The van der Waals surface area contributed by atoms with Crippen molar-refractivity contribution >= 4 is 11.9 Å². The Bertz CT molecular complexity index is 637. The zero-order chi connectivity index (χ0) is 26.6. The summed E-state index contributed by atoms with van der Waals surface area (Å²) in [5.41, 5.74) is 5.50. The minimum atomic E-state index is -4.51. The molecule has 0 radical (unpaired) electrons. The minimum Gasteiger partial charge on any atom is -0.484 e. The third-order valence-corrected chi connectivity index (χ3v) is 4.72. The highest BCUT2D eigenvalue weighted by Gasteiger charge is 2.30. The van der Waals surface area contributed by atoms with Gasteiger partial charge in [-0.05, 0) is 69.4 Å². The number of rotatable bonds is 7. The molecule has 1 aliphatic rings. The second-order valence-electron chi connectivity index (χ2n) is 6.87. The van der Waals surface area contributed by atoms with Gasteiger partial charge in [0, 0.05) is 0 Å². The van der Waals surface area contributed by atoms with Crippen LogP contribution in [0.3, 0.4) is 0 Å². The highest BCUT2D eigenvalue weighted by atomic mass is 32.2. The van der Waals surface area contributed by atoms with Crippen LogP contribution in [0, 0.1) is 5.92 Å². The van der Waals surface area contributed by atoms with Crippen LogP contribution in [-0.2, 0) is 0 Å². The molecule has 1 aromatic carbocycles. The summed E-state index contributed by atoms with van der Waals surface area (Å²) in [5, 5.41) is 0. The van der Waals surface area contributed by atoms with Crippen LogP contribution < -0.4 is 19.9 Å². The fraction of sp³-hybridized carbons (Fsp3) is 0.652. The van der Waals surface area contributed by atoms with Gasteiger partial charge in [-0.25, -0.2) is 0 Å². The lowest BCUT2D eigenvalue weighted by molar-refractivity contribution is -0.154. The molecule has 0 atom stereocenters. The zero-order valence-electron chi connectivity index (χ0n) is 20.3. The fourth-order valence-corrected chi connectivity index (χ4v) is 3.26. The van der Waals surface area contributed by atoms with E-state index in [1.165, 1.54) is 45.2 Å². The van der Waals surface area contributed by atoms with Crippen molar-refractivity contribution in [2.45, 2.75) is 70.1 Å². The van der Waals surface area contributed by atoms with E-state index >= 15 is 0 Å². The standard InChI is InChI=1S/C11H11F6NO2S.C7H15N.C3H6.C2H6/c1-18-21-9-4-7(19-5-10(12,13)14)2-3-8(9)20-6-11(15,16)17;8-6-7-4-2-1-3-5-7;1-3-2;1-2/h2-4,18H,5-6H2,1H3;7H,1-6,8H2;3H,1H2,2H3;1-2H3. The first-order valence-electron chi connectivity index (χ1n) is 11.1. The van der Waals surface area contributed by atoms with Crippen LogP contribution in [0.15, 0.2) is 35.7 Å². The highest BCUT2D eigenvalue weighted by Crippen LogP contribution is 2.33. The van der Waals surface area contributed by atoms with Crippen molar-refractivity contribution in [1.82, 2.24) is 4.72 Å². The van der Waals surface area contributed by atoms with Crippen LogP contribution in [0.5, 0.6) is 11.5 Å². The van der Waals surface area contributed by atoms with Gasteiger partial charge >= 0.3 is 12.4 Å². The number of nitrogens with one attached hydrogen (secondary N) is 1. The Morgan fingerprint density at radius 3 is 1.94 bits per heavy atom. The van der Waals surface area contributed by atoms with E-state index in [4.69, 9.17) is 5.73 Å². The predicted molar refractivity (Wildman–Crippen MR) is 127 cm³/mol. The molecular weight excluding hydrogens is 482 g/mol. The quantitative estimate of drug-likeness (QED) is 0.221. The molecule has 0 heterocycles. The molecule has 200 valence electrons. The molecule has 3 N–H and O–H groups in total. The maximum absolute atomic E-state index is 12.1. The summed E-state index contributed by atoms with van der Waals surface area (Å²) >= 11 is 0.896. The number of halogens is 6. The molecule has 2 rings (SSSR count). The van der Waals surface area contributed by atoms with Crippen molar-refractivity contribution in [1.29, 1.82) is 0 Å². The van der Waals surface area contributed by atoms with Gasteiger partial charge in [0.25, 0.3) is 0 Å². The molecule has 1 fully saturated rings. The molecule has 34 heavy (non-hydrogen) atoms. The first-order valence-corrected chi connectivity index (χ1v) is 11.9. The van der Waals surface area contributed by atoms with E-state index in [0.717, 1.165) is 36.5 Å². The van der Waals surface area contributed by atoms with E-state index in [-0.39, 0.29) is 16.4 Å². The molecule has 1 saturated carbocycles. The van der Waals surface area contributed by atoms with Gasteiger partial charge in [-0.2, -0.15) is 26.3 Å². The first kappa shape index (κ1) is 34.6. The Labute approximate surface area is 203 Å². The van der Waals surface area contributed by atoms with Gasteiger partial charge in [-0.15, -0.1) is 6.58 Å². The number of allylic oxidation sites excluding steroid dienone is 1. The van der Waals surface area contributed by atoms with Crippen LogP contribution >= 0.6 is 11.9 Å². The smallest absolute Gasteiger partial charge is 0.422 e. The summed E-state index contributed by atoms with van der Waals surface area (Å²) in [6.07, 6.45) is -0.206. The third-order valence-electron chi connectivity index (χ3n) is 3.98. The Balaban J connectivity index is 0. The van der Waals surface area contributed by atoms with E-state index in [2.05, 4.69) is 20.8 Å². The molecule has 0 bridgehead atoms. The SMILES string of the molecule is C=CC.CC.CNSc1cc(OCC(F)(F)F)ccc1OCC(F)(F)F.NCC1CCCCC1. The largest absolute Gasteiger partial charge is 0.484 e. The molecule has 0 saturated heterocycles. The zero-order valence-corrected chi connectivity index (χ0v) is 21.1. The Morgan fingerprint density at radius 1 is 1.03 bits per heavy atom. The highest BCUT2D eigenvalue weighted by molar-refractivity contribution is 7.97. The topological polar surface area (TPSA) is 56.5 Å². The van der Waals surface area contributed by atoms with Crippen LogP contribution in [0.2, 0.25) is 0 Å². The number of alkyl halides is 6. The maximum atomic E-state index is 12.1. The van der Waals surface area contributed by atoms with E-state index in [0.29, 0.717) is 0 Å². The van der Waals surface area contributed by atoms with Crippen molar-refractivity contribution in [3.05, 3.63) is 30.9 Å². The number of hydrogen-bond acceptors (Lipinski definition) is 5. The van der Waals surface area contributed by atoms with E-state index in [9.17, 15) is 26.3 Å². The van der Waals surface area contributed by atoms with Crippen molar-refractivity contribution < 1.29 is 35.8 Å². The minimum absolute atomic E-state index is 0.106. The van der Waals surface area contributed by atoms with Gasteiger partial charge in [-0.1, -0.05) is 39.2 Å². The lowest BCUT2D eigenvalue weighted by Gasteiger charge is -2.18. The molecular formula is C23H38F6N2O2S. The summed E-state index contributed by atoms with van der Waals surface area (Å²) in [5.74, 6) is 0.638. The molecule has 0 amide bonds. The van der Waals surface area contributed by atoms with Crippen LogP contribution in [-0.4, -0.2) is 39.2 Å². The Morgan fingerprint density at radius 2 is 1.53 bits per heavy atom. The number of nitrogens with two attached hydrogens (primary N) is 1. The lowest BCUT2D eigenvalue weighted by Crippen LogP contribution is -2.20. The van der Waals surface area contributed by atoms with E-state index < -0.39 is 25.6 Å². The normalized spacial score (nSPS) is 13.7. The monoisotopic (exact) mass is 520 g/mol. The first-order chi connectivity index (χ1) is 16.0. The summed E-state index contributed by atoms with van der Waals surface area (Å²) in [6, 6.07) is 3.40. The van der Waals surface area contributed by atoms with Crippen molar-refractivity contribution in [3.8, 4) is 11.5 Å². The van der Waals surface area contributed by atoms with Crippen molar-refractivity contribution in [2.24, 2.45) is 11.7 Å². The lowest BCUT2D eigenvalue weighted by atomic mass is 9.90. The molecule has 0 aromatic heterocycles. The van der Waals surface area contributed by atoms with Crippen molar-refractivity contribution in [3.63, 3.8) is 0 Å². The van der Waals surface area contributed by atoms with Gasteiger partial charge in [0.1, 0.15) is 11.5 Å². The average molecular weight is 521 g/mol. The molecule has 11 heteroatoms. The summed E-state index contributed by atoms with van der Waals surface area (Å²) in [6.45, 7) is 7.19. The van der Waals surface area contributed by atoms with Crippen LogP contribution in [0.4, 0.5) is 26.3 Å². The third kappa shape index (κ3) is 19.8. The number of hydrogen-bond donors (Lipinski definition) is 2. The van der Waals surface area contributed by atoms with Gasteiger partial charge in [0.15, 0.2) is 13.2 Å². The van der Waals surface area contributed by atoms with Gasteiger partial charge < -0.3 is 15.2 Å². The van der Waals surface area contributed by atoms with Crippen LogP contribution in [0.25, 0.3) is 0 Å². The fourth-order valence-electron chi connectivity index (χ4n) is 2.63. The van der Waals surface area contributed by atoms with Crippen molar-refractivity contribution in [2.75, 3.05) is 26.8 Å². The van der Waals surface area contributed by atoms with E-state index in [1.54, 1.807) is 6.08 Å². The number of benzene rings is 1. The second kappa shape index (κ2) is 19.7. The van der Waals surface area contributed by atoms with Crippen LogP contribution in [0.1, 0.15) is 52.9 Å². The van der Waals surface area contributed by atoms with Gasteiger partial charge in [-0.3, -0.25) is 4.72 Å². The molecule has 4 nitrogen and oxygen atoms in total. The number of ether oxygens (including phenoxy) is 2. The van der Waals surface area contributed by atoms with E-state index in [1.807, 2.05) is 20.8 Å². The molecule has 0 aliphatic heterocycles. The second-order valence-corrected chi connectivity index (χ2v) is 7.92. The summed E-state index contributed by atoms with van der Waals surface area (Å²) < 4.78 is 84.1. The average Bonchev–Trinajstić information content (AvgIpc) is 2.79. The molecule has 0 unspecified atom stereocenters. The summed E-state index contributed by atoms with van der Waals surface area (Å²) in [7, 11) is 1.50. The molecule has 1 aliphatic carbocycles. The van der Waals surface area contributed by atoms with Gasteiger partial charge in [0.2, 0.25) is 0 Å². The Hall–Kier alpha value is -1.59. The molecule has 1 aromatic rings. The summed E-state index contributed by atoms with van der Waals surface area (Å²) in [4.78, 5) is 0.182. The predicted octanol–water partition coefficient (Wildman–Crippen LogP) is 7.54. The maximum Gasteiger partial charge on any atom is 0.422 e. The van der Waals surface area contributed by atoms with Gasteiger partial charge in [0.05, 0.1) is 4.90 Å². The Kier molecular flexibility index (Phi) is 20.0.